The Kier molecular flexibility index (Phi) is 3.05. The van der Waals surface area contributed by atoms with Crippen molar-refractivity contribution in [3.63, 3.8) is 0 Å². The summed E-state index contributed by atoms with van der Waals surface area (Å²) in [6.07, 6.45) is 6.14. The molecule has 2 aromatic rings. The van der Waals surface area contributed by atoms with E-state index in [1.807, 2.05) is 0 Å². The van der Waals surface area contributed by atoms with Crippen molar-refractivity contribution in [1.82, 2.24) is 0 Å². The Bertz CT molecular complexity index is 625. The molecule has 0 N–H and O–H groups in total. The van der Waals surface area contributed by atoms with E-state index in [2.05, 4.69) is 64.8 Å². The minimum atomic E-state index is -1.51. The molecule has 3 rings (SSSR count). The van der Waals surface area contributed by atoms with Crippen molar-refractivity contribution >= 4 is 16.8 Å². The van der Waals surface area contributed by atoms with E-state index in [0.29, 0.717) is 3.17 Å². The fraction of sp³-hybridized carbons (Fsp3) is 0.294. The summed E-state index contributed by atoms with van der Waals surface area (Å²) in [7, 11) is 0. The standard InChI is InChI=1S/C15H13.2CH3.Hf/c1-2-11-7-8-14-9-12-5-3-4-6-13(12)10-15(11)14;;;/h3-10H,2H2,1H3;2*1H3;. The first-order chi connectivity index (χ1) is 8.67. The molecular formula is C17H19Hf. The zero-order chi connectivity index (χ0) is 12.8. The summed E-state index contributed by atoms with van der Waals surface area (Å²) in [5, 5.41) is 2.76. The third kappa shape index (κ3) is 1.67. The number of allylic oxidation sites excluding steroid dienone is 1. The molecule has 0 spiro atoms. The monoisotopic (exact) mass is 403 g/mol. The van der Waals surface area contributed by atoms with Gasteiger partial charge in [0.05, 0.1) is 0 Å². The molecule has 0 saturated carbocycles. The Morgan fingerprint density at radius 3 is 2.33 bits per heavy atom. The predicted octanol–water partition coefficient (Wildman–Crippen LogP) is 5.19. The summed E-state index contributed by atoms with van der Waals surface area (Å²) < 4.78 is 5.54. The number of fused-ring (bicyclic) bond motifs is 2. The molecule has 1 aliphatic rings. The van der Waals surface area contributed by atoms with Crippen LogP contribution in [0.3, 0.4) is 0 Å². The van der Waals surface area contributed by atoms with Crippen LogP contribution in [0.4, 0.5) is 0 Å². The molecule has 0 fully saturated rings. The molecule has 1 aliphatic carbocycles. The number of rotatable bonds is 2. The van der Waals surface area contributed by atoms with Crippen LogP contribution in [0.25, 0.3) is 16.8 Å². The summed E-state index contributed by atoms with van der Waals surface area (Å²) in [5.74, 6) is 0. The van der Waals surface area contributed by atoms with E-state index in [-0.39, 0.29) is 0 Å². The molecule has 2 aromatic carbocycles. The van der Waals surface area contributed by atoms with Gasteiger partial charge in [-0.15, -0.1) is 0 Å². The van der Waals surface area contributed by atoms with Gasteiger partial charge in [-0.3, -0.25) is 0 Å². The molecule has 0 aliphatic heterocycles. The Balaban J connectivity index is 2.27. The molecule has 0 aromatic heterocycles. The Hall–Kier alpha value is -0.690. The Morgan fingerprint density at radius 1 is 1.06 bits per heavy atom. The van der Waals surface area contributed by atoms with Crippen molar-refractivity contribution in [2.75, 3.05) is 0 Å². The van der Waals surface area contributed by atoms with Crippen molar-refractivity contribution in [3.05, 3.63) is 53.6 Å². The molecule has 0 radical (unpaired) electrons. The SMILES string of the molecule is CC[C]1([Hf]([CH3])[CH3])C=Cc2cc3ccccc3cc21. The van der Waals surface area contributed by atoms with Crippen molar-refractivity contribution < 1.29 is 21.4 Å². The summed E-state index contributed by atoms with van der Waals surface area (Å²) in [6.45, 7) is 2.35. The van der Waals surface area contributed by atoms with Crippen molar-refractivity contribution in [3.8, 4) is 0 Å². The Labute approximate surface area is 117 Å². The van der Waals surface area contributed by atoms with Crippen molar-refractivity contribution in [2.24, 2.45) is 0 Å². The van der Waals surface area contributed by atoms with Gasteiger partial charge in [0.1, 0.15) is 0 Å². The van der Waals surface area contributed by atoms with Crippen molar-refractivity contribution in [1.29, 1.82) is 0 Å². The summed E-state index contributed by atoms with van der Waals surface area (Å²) >= 11 is -1.51. The fourth-order valence-electron chi connectivity index (χ4n) is 3.20. The van der Waals surface area contributed by atoms with Crippen LogP contribution in [0.1, 0.15) is 24.5 Å². The average Bonchev–Trinajstić information content (AvgIpc) is 2.75. The molecule has 0 amide bonds. The third-order valence-electron chi connectivity index (χ3n) is 4.40. The molecule has 1 unspecified atom stereocenters. The van der Waals surface area contributed by atoms with Crippen LogP contribution in [0, 0.1) is 0 Å². The van der Waals surface area contributed by atoms with Crippen LogP contribution in [0.5, 0.6) is 0 Å². The molecule has 91 valence electrons. The molecule has 1 heteroatoms. The van der Waals surface area contributed by atoms with Gasteiger partial charge < -0.3 is 0 Å². The van der Waals surface area contributed by atoms with E-state index in [1.54, 1.807) is 5.56 Å². The maximum absolute atomic E-state index is 2.54. The minimum absolute atomic E-state index is 0.448. The van der Waals surface area contributed by atoms with E-state index < -0.39 is 21.4 Å². The van der Waals surface area contributed by atoms with Crippen LogP contribution < -0.4 is 0 Å². The second-order valence-corrected chi connectivity index (χ2v) is 15.8. The van der Waals surface area contributed by atoms with Gasteiger partial charge >= 0.3 is 118 Å². The number of benzene rings is 2. The zero-order valence-electron chi connectivity index (χ0n) is 11.3. The zero-order valence-corrected chi connectivity index (χ0v) is 14.9. The van der Waals surface area contributed by atoms with Crippen LogP contribution in [0.15, 0.2) is 42.5 Å². The predicted molar refractivity (Wildman–Crippen MR) is 76.7 cm³/mol. The van der Waals surface area contributed by atoms with E-state index in [9.17, 15) is 0 Å². The van der Waals surface area contributed by atoms with E-state index in [4.69, 9.17) is 0 Å². The van der Waals surface area contributed by atoms with Crippen LogP contribution in [-0.4, -0.2) is 0 Å². The number of hydrogen-bond donors (Lipinski definition) is 0. The quantitative estimate of drug-likeness (QED) is 0.608. The second-order valence-electron chi connectivity index (χ2n) is 5.44. The van der Waals surface area contributed by atoms with Gasteiger partial charge in [-0.2, -0.15) is 0 Å². The summed E-state index contributed by atoms with van der Waals surface area (Å²) in [4.78, 5) is 0. The second kappa shape index (κ2) is 4.45. The number of hydrogen-bond acceptors (Lipinski definition) is 0. The Morgan fingerprint density at radius 2 is 1.72 bits per heavy atom. The molecule has 1 atom stereocenters. The molecule has 0 bridgehead atoms. The van der Waals surface area contributed by atoms with Crippen LogP contribution in [0.2, 0.25) is 9.36 Å². The topological polar surface area (TPSA) is 0 Å². The molecule has 18 heavy (non-hydrogen) atoms. The van der Waals surface area contributed by atoms with Gasteiger partial charge in [0.25, 0.3) is 0 Å². The third-order valence-corrected chi connectivity index (χ3v) is 13.6. The van der Waals surface area contributed by atoms with E-state index >= 15 is 0 Å². The first kappa shape index (κ1) is 12.3. The first-order valence-electron chi connectivity index (χ1n) is 6.70. The van der Waals surface area contributed by atoms with Gasteiger partial charge in [0.15, 0.2) is 0 Å². The maximum atomic E-state index is 2.54. The molecule has 0 nitrogen and oxygen atoms in total. The molecule has 0 heterocycles. The van der Waals surface area contributed by atoms with Gasteiger partial charge in [0, 0.05) is 0 Å². The van der Waals surface area contributed by atoms with Crippen molar-refractivity contribution in [2.45, 2.75) is 25.9 Å². The van der Waals surface area contributed by atoms with Gasteiger partial charge in [-0.05, 0) is 0 Å². The first-order valence-corrected chi connectivity index (χ1v) is 15.7. The van der Waals surface area contributed by atoms with Gasteiger partial charge in [-0.25, -0.2) is 0 Å². The molecule has 0 saturated heterocycles. The summed E-state index contributed by atoms with van der Waals surface area (Å²) in [6, 6.07) is 13.5. The van der Waals surface area contributed by atoms with Crippen LogP contribution >= 0.6 is 0 Å². The van der Waals surface area contributed by atoms with Gasteiger partial charge in [0.2, 0.25) is 0 Å². The normalized spacial score (nSPS) is 21.3. The van der Waals surface area contributed by atoms with E-state index in [1.165, 1.54) is 22.8 Å². The summed E-state index contributed by atoms with van der Waals surface area (Å²) in [5.41, 5.74) is 3.07. The van der Waals surface area contributed by atoms with E-state index in [0.717, 1.165) is 0 Å². The average molecular weight is 402 g/mol. The van der Waals surface area contributed by atoms with Crippen LogP contribution in [-0.2, 0) is 24.6 Å². The van der Waals surface area contributed by atoms with Gasteiger partial charge in [-0.1, -0.05) is 0 Å². The fourth-order valence-corrected chi connectivity index (χ4v) is 9.95. The molecular weight excluding hydrogens is 383 g/mol.